The van der Waals surface area contributed by atoms with E-state index in [1.165, 1.54) is 0 Å². The van der Waals surface area contributed by atoms with E-state index in [9.17, 15) is 4.79 Å². The van der Waals surface area contributed by atoms with Crippen molar-refractivity contribution in [3.8, 4) is 0 Å². The van der Waals surface area contributed by atoms with Gasteiger partial charge in [0.15, 0.2) is 0 Å². The lowest BCUT2D eigenvalue weighted by Crippen LogP contribution is -2.50. The molecule has 1 aromatic heterocycles. The molecule has 0 unspecified atom stereocenters. The summed E-state index contributed by atoms with van der Waals surface area (Å²) >= 11 is 0. The standard InChI is InChI=1S/C25H28N4O2/c1-19-23(15-20-9-4-2-5-10-20)24(30)29-18-27(16-22-13-8-14-31-22)17-28(25(29)26-19)21-11-6-3-7-12-21/h2-7,9-12,22H,8,13-18H2,1H3/t22-/m0/s1. The van der Waals surface area contributed by atoms with Crippen molar-refractivity contribution in [3.63, 3.8) is 0 Å². The Bertz CT molecular complexity index is 1090. The highest BCUT2D eigenvalue weighted by Crippen LogP contribution is 2.28. The molecule has 0 bridgehead atoms. The molecule has 3 aromatic rings. The molecule has 31 heavy (non-hydrogen) atoms. The van der Waals surface area contributed by atoms with Crippen LogP contribution in [-0.2, 0) is 17.8 Å². The van der Waals surface area contributed by atoms with E-state index in [2.05, 4.69) is 34.1 Å². The van der Waals surface area contributed by atoms with Crippen molar-refractivity contribution in [3.05, 3.63) is 87.8 Å². The summed E-state index contributed by atoms with van der Waals surface area (Å²) < 4.78 is 7.70. The smallest absolute Gasteiger partial charge is 0.259 e. The van der Waals surface area contributed by atoms with E-state index >= 15 is 0 Å². The van der Waals surface area contributed by atoms with Gasteiger partial charge in [-0.15, -0.1) is 0 Å². The predicted molar refractivity (Wildman–Crippen MR) is 122 cm³/mol. The van der Waals surface area contributed by atoms with Crippen molar-refractivity contribution in [1.29, 1.82) is 0 Å². The van der Waals surface area contributed by atoms with E-state index in [4.69, 9.17) is 9.72 Å². The Balaban J connectivity index is 1.54. The largest absolute Gasteiger partial charge is 0.377 e. The first-order valence-electron chi connectivity index (χ1n) is 11.0. The first kappa shape index (κ1) is 20.0. The van der Waals surface area contributed by atoms with Gasteiger partial charge in [0.25, 0.3) is 5.56 Å². The van der Waals surface area contributed by atoms with Gasteiger partial charge in [0.2, 0.25) is 5.95 Å². The summed E-state index contributed by atoms with van der Waals surface area (Å²) in [5.74, 6) is 0.717. The summed E-state index contributed by atoms with van der Waals surface area (Å²) in [7, 11) is 0. The maximum atomic E-state index is 13.6. The van der Waals surface area contributed by atoms with E-state index in [1.54, 1.807) is 0 Å². The Labute approximate surface area is 182 Å². The minimum atomic E-state index is 0.0457. The second-order valence-electron chi connectivity index (χ2n) is 8.41. The number of aryl methyl sites for hydroxylation is 1. The number of aromatic nitrogens is 2. The molecular weight excluding hydrogens is 388 g/mol. The highest BCUT2D eigenvalue weighted by molar-refractivity contribution is 5.58. The Morgan fingerprint density at radius 1 is 1.03 bits per heavy atom. The third-order valence-corrected chi connectivity index (χ3v) is 6.15. The van der Waals surface area contributed by atoms with Crippen LogP contribution in [0.5, 0.6) is 0 Å². The minimum Gasteiger partial charge on any atom is -0.377 e. The van der Waals surface area contributed by atoms with Gasteiger partial charge in [-0.2, -0.15) is 0 Å². The number of hydrogen-bond acceptors (Lipinski definition) is 5. The molecule has 3 heterocycles. The zero-order valence-electron chi connectivity index (χ0n) is 17.9. The highest BCUT2D eigenvalue weighted by atomic mass is 16.5. The molecule has 0 N–H and O–H groups in total. The minimum absolute atomic E-state index is 0.0457. The third-order valence-electron chi connectivity index (χ3n) is 6.15. The van der Waals surface area contributed by atoms with Crippen molar-refractivity contribution in [2.75, 3.05) is 24.7 Å². The maximum absolute atomic E-state index is 13.6. The topological polar surface area (TPSA) is 50.6 Å². The number of hydrogen-bond donors (Lipinski definition) is 0. The number of fused-ring (bicyclic) bond motifs is 1. The van der Waals surface area contributed by atoms with Crippen LogP contribution >= 0.6 is 0 Å². The van der Waals surface area contributed by atoms with E-state index in [0.717, 1.165) is 48.5 Å². The van der Waals surface area contributed by atoms with Crippen LogP contribution in [0.15, 0.2) is 65.5 Å². The van der Waals surface area contributed by atoms with Crippen LogP contribution in [0, 0.1) is 6.92 Å². The van der Waals surface area contributed by atoms with Crippen molar-refractivity contribution in [2.24, 2.45) is 0 Å². The normalized spacial score (nSPS) is 18.9. The molecule has 2 aliphatic heterocycles. The predicted octanol–water partition coefficient (Wildman–Crippen LogP) is 3.69. The number of benzene rings is 2. The van der Waals surface area contributed by atoms with Crippen LogP contribution < -0.4 is 10.5 Å². The molecule has 1 saturated heterocycles. The Morgan fingerprint density at radius 2 is 1.77 bits per heavy atom. The van der Waals surface area contributed by atoms with Crippen molar-refractivity contribution in [1.82, 2.24) is 14.5 Å². The molecular formula is C25H28N4O2. The van der Waals surface area contributed by atoms with Gasteiger partial charge in [0.1, 0.15) is 0 Å². The second kappa shape index (κ2) is 8.65. The number of ether oxygens (including phenoxy) is 1. The number of rotatable bonds is 5. The van der Waals surface area contributed by atoms with Crippen LogP contribution in [-0.4, -0.2) is 40.4 Å². The molecule has 2 aromatic carbocycles. The fraction of sp³-hybridized carbons (Fsp3) is 0.360. The maximum Gasteiger partial charge on any atom is 0.259 e. The molecule has 0 saturated carbocycles. The van der Waals surface area contributed by atoms with E-state index in [-0.39, 0.29) is 11.7 Å². The average Bonchev–Trinajstić information content (AvgIpc) is 3.31. The molecule has 6 nitrogen and oxygen atoms in total. The summed E-state index contributed by atoms with van der Waals surface area (Å²) in [6.07, 6.45) is 3.02. The monoisotopic (exact) mass is 416 g/mol. The zero-order chi connectivity index (χ0) is 21.2. The summed E-state index contributed by atoms with van der Waals surface area (Å²) in [6.45, 7) is 4.82. The fourth-order valence-electron chi connectivity index (χ4n) is 4.53. The van der Waals surface area contributed by atoms with E-state index in [0.29, 0.717) is 25.7 Å². The van der Waals surface area contributed by atoms with Gasteiger partial charge in [-0.3, -0.25) is 19.2 Å². The van der Waals surface area contributed by atoms with Crippen LogP contribution in [0.1, 0.15) is 29.7 Å². The molecule has 0 radical (unpaired) electrons. The molecule has 2 aliphatic rings. The number of anilines is 2. The molecule has 160 valence electrons. The Hall–Kier alpha value is -2.96. The molecule has 6 heteroatoms. The van der Waals surface area contributed by atoms with Crippen LogP contribution in [0.4, 0.5) is 11.6 Å². The van der Waals surface area contributed by atoms with E-state index < -0.39 is 0 Å². The lowest BCUT2D eigenvalue weighted by Gasteiger charge is -2.39. The van der Waals surface area contributed by atoms with Crippen molar-refractivity contribution in [2.45, 2.75) is 39.0 Å². The quantitative estimate of drug-likeness (QED) is 0.635. The zero-order valence-corrected chi connectivity index (χ0v) is 17.9. The van der Waals surface area contributed by atoms with Gasteiger partial charge in [0, 0.05) is 30.8 Å². The Kier molecular flexibility index (Phi) is 5.57. The van der Waals surface area contributed by atoms with Crippen LogP contribution in [0.3, 0.4) is 0 Å². The van der Waals surface area contributed by atoms with Crippen molar-refractivity contribution < 1.29 is 4.74 Å². The lowest BCUT2D eigenvalue weighted by molar-refractivity contribution is 0.0584. The molecule has 0 amide bonds. The van der Waals surface area contributed by atoms with Gasteiger partial charge >= 0.3 is 0 Å². The molecule has 5 rings (SSSR count). The number of nitrogens with zero attached hydrogens (tertiary/aromatic N) is 4. The summed E-state index contributed by atoms with van der Waals surface area (Å²) in [6, 6.07) is 20.3. The SMILES string of the molecule is Cc1nc2n(c(=O)c1Cc1ccccc1)CN(C[C@@H]1CCCO1)CN2c1ccccc1. The summed E-state index contributed by atoms with van der Waals surface area (Å²) in [4.78, 5) is 23.0. The van der Waals surface area contributed by atoms with Gasteiger partial charge in [0.05, 0.1) is 25.1 Å². The molecule has 1 atom stereocenters. The van der Waals surface area contributed by atoms with Crippen LogP contribution in [0.25, 0.3) is 0 Å². The van der Waals surface area contributed by atoms with Crippen molar-refractivity contribution >= 4 is 11.6 Å². The van der Waals surface area contributed by atoms with Gasteiger partial charge in [-0.1, -0.05) is 48.5 Å². The van der Waals surface area contributed by atoms with Crippen LogP contribution in [0.2, 0.25) is 0 Å². The summed E-state index contributed by atoms with van der Waals surface area (Å²) in [5.41, 5.74) is 3.77. The molecule has 1 fully saturated rings. The first-order chi connectivity index (χ1) is 15.2. The highest BCUT2D eigenvalue weighted by Gasteiger charge is 2.30. The van der Waals surface area contributed by atoms with E-state index in [1.807, 2.05) is 47.9 Å². The average molecular weight is 417 g/mol. The van der Waals surface area contributed by atoms with Gasteiger partial charge in [-0.05, 0) is 37.5 Å². The summed E-state index contributed by atoms with van der Waals surface area (Å²) in [5, 5.41) is 0. The molecule has 0 spiro atoms. The second-order valence-corrected chi connectivity index (χ2v) is 8.41. The fourth-order valence-corrected chi connectivity index (χ4v) is 4.53. The third kappa shape index (κ3) is 4.13. The Morgan fingerprint density at radius 3 is 2.48 bits per heavy atom. The first-order valence-corrected chi connectivity index (χ1v) is 11.0. The lowest BCUT2D eigenvalue weighted by atomic mass is 10.1. The van der Waals surface area contributed by atoms with Gasteiger partial charge < -0.3 is 4.74 Å². The number of para-hydroxylation sites is 1. The molecule has 0 aliphatic carbocycles. The van der Waals surface area contributed by atoms with Gasteiger partial charge in [-0.25, -0.2) is 4.98 Å².